The summed E-state index contributed by atoms with van der Waals surface area (Å²) in [6.07, 6.45) is 42.2. The van der Waals surface area contributed by atoms with Crippen molar-refractivity contribution in [3.05, 3.63) is 85.1 Å². The average molecular weight is 772 g/mol. The molecule has 0 aliphatic carbocycles. The third-order valence-corrected chi connectivity index (χ3v) is 9.48. The minimum absolute atomic E-state index is 0.102. The van der Waals surface area contributed by atoms with Gasteiger partial charge in [0.05, 0.1) is 25.4 Å². The molecule has 1 fully saturated rings. The summed E-state index contributed by atoms with van der Waals surface area (Å²) in [6, 6.07) is -0.879. The molecule has 6 N–H and O–H groups in total. The van der Waals surface area contributed by atoms with Crippen LogP contribution in [0.25, 0.3) is 0 Å². The Morgan fingerprint density at radius 1 is 0.636 bits per heavy atom. The fourth-order valence-electron chi connectivity index (χ4n) is 6.06. The first kappa shape index (κ1) is 50.4. The summed E-state index contributed by atoms with van der Waals surface area (Å²) >= 11 is 0. The van der Waals surface area contributed by atoms with Crippen LogP contribution in [0.4, 0.5) is 0 Å². The van der Waals surface area contributed by atoms with E-state index in [1.165, 1.54) is 70.6 Å². The zero-order valence-corrected chi connectivity index (χ0v) is 34.1. The lowest BCUT2D eigenvalue weighted by Gasteiger charge is -2.40. The van der Waals surface area contributed by atoms with E-state index in [1.54, 1.807) is 12.2 Å². The normalized spacial score (nSPS) is 22.2. The number of amides is 1. The van der Waals surface area contributed by atoms with Crippen molar-refractivity contribution in [1.82, 2.24) is 5.32 Å². The third kappa shape index (κ3) is 26.8. The third-order valence-electron chi connectivity index (χ3n) is 9.48. The Kier molecular flexibility index (Phi) is 32.8. The van der Waals surface area contributed by atoms with Crippen molar-refractivity contribution in [2.24, 2.45) is 0 Å². The molecular formula is C46H77NO8. The van der Waals surface area contributed by atoms with E-state index in [-0.39, 0.29) is 18.9 Å². The zero-order valence-electron chi connectivity index (χ0n) is 34.1. The van der Waals surface area contributed by atoms with Crippen molar-refractivity contribution >= 4 is 5.91 Å². The Bertz CT molecular complexity index is 1130. The van der Waals surface area contributed by atoms with Crippen molar-refractivity contribution in [1.29, 1.82) is 0 Å². The number of nitrogens with one attached hydrogen (secondary N) is 1. The van der Waals surface area contributed by atoms with Gasteiger partial charge in [-0.05, 0) is 57.8 Å². The molecule has 0 aromatic carbocycles. The summed E-state index contributed by atoms with van der Waals surface area (Å²) in [5.41, 5.74) is 0. The SMILES string of the molecule is CC/C=C\C/C=C\C/C=C\C/C=C\C/C=C\CC(=O)NC(COC1OC(CO)C(O)C(O)C1O)C(O)/C=C/CC/C=C/CCCCCCCCCCCCC. The molecule has 1 rings (SSSR count). The molecule has 314 valence electrons. The minimum Gasteiger partial charge on any atom is -0.394 e. The molecule has 1 amide bonds. The first-order valence-electron chi connectivity index (χ1n) is 21.3. The maximum atomic E-state index is 12.8. The van der Waals surface area contributed by atoms with Crippen LogP contribution >= 0.6 is 0 Å². The second kappa shape index (κ2) is 35.8. The molecule has 55 heavy (non-hydrogen) atoms. The van der Waals surface area contributed by atoms with Crippen LogP contribution in [0.15, 0.2) is 85.1 Å². The predicted molar refractivity (Wildman–Crippen MR) is 225 cm³/mol. The number of carbonyl (C=O) groups excluding carboxylic acids is 1. The molecular weight excluding hydrogens is 695 g/mol. The Hall–Kier alpha value is -2.63. The van der Waals surface area contributed by atoms with Gasteiger partial charge in [0.1, 0.15) is 24.4 Å². The number of carbonyl (C=O) groups is 1. The van der Waals surface area contributed by atoms with Gasteiger partial charge >= 0.3 is 0 Å². The largest absolute Gasteiger partial charge is 0.394 e. The summed E-state index contributed by atoms with van der Waals surface area (Å²) in [6.45, 7) is 3.55. The summed E-state index contributed by atoms with van der Waals surface area (Å²) in [7, 11) is 0. The van der Waals surface area contributed by atoms with Crippen LogP contribution in [0.2, 0.25) is 0 Å². The number of hydrogen-bond acceptors (Lipinski definition) is 8. The number of rotatable bonds is 33. The maximum Gasteiger partial charge on any atom is 0.224 e. The average Bonchev–Trinajstić information content (AvgIpc) is 3.18. The van der Waals surface area contributed by atoms with Gasteiger partial charge in [0.15, 0.2) is 6.29 Å². The lowest BCUT2D eigenvalue weighted by Crippen LogP contribution is -2.60. The van der Waals surface area contributed by atoms with E-state index in [4.69, 9.17) is 9.47 Å². The van der Waals surface area contributed by atoms with Crippen LogP contribution < -0.4 is 5.32 Å². The number of aliphatic hydroxyl groups is 5. The van der Waals surface area contributed by atoms with E-state index in [0.717, 1.165) is 44.9 Å². The zero-order chi connectivity index (χ0) is 40.2. The van der Waals surface area contributed by atoms with E-state index in [0.29, 0.717) is 6.42 Å². The quantitative estimate of drug-likeness (QED) is 0.0288. The van der Waals surface area contributed by atoms with Gasteiger partial charge in [-0.1, -0.05) is 163 Å². The van der Waals surface area contributed by atoms with Gasteiger partial charge in [0.25, 0.3) is 0 Å². The Morgan fingerprint density at radius 3 is 1.71 bits per heavy atom. The Balaban J connectivity index is 2.51. The Morgan fingerprint density at radius 2 is 1.15 bits per heavy atom. The first-order chi connectivity index (χ1) is 26.8. The monoisotopic (exact) mass is 772 g/mol. The van der Waals surface area contributed by atoms with Gasteiger partial charge in [0.2, 0.25) is 5.91 Å². The van der Waals surface area contributed by atoms with Crippen LogP contribution in [-0.2, 0) is 14.3 Å². The van der Waals surface area contributed by atoms with Gasteiger partial charge < -0.3 is 40.3 Å². The Labute approximate surface area is 333 Å². The van der Waals surface area contributed by atoms with Crippen LogP contribution in [0, 0.1) is 0 Å². The summed E-state index contributed by atoms with van der Waals surface area (Å²) in [4.78, 5) is 12.8. The minimum atomic E-state index is -1.59. The summed E-state index contributed by atoms with van der Waals surface area (Å²) in [5.74, 6) is -0.318. The molecule has 0 aromatic rings. The number of hydrogen-bond donors (Lipinski definition) is 6. The second-order valence-electron chi connectivity index (χ2n) is 14.4. The summed E-state index contributed by atoms with van der Waals surface area (Å²) in [5, 5.41) is 53.9. The topological polar surface area (TPSA) is 149 Å². The highest BCUT2D eigenvalue weighted by Crippen LogP contribution is 2.22. The van der Waals surface area contributed by atoms with Crippen molar-refractivity contribution < 1.29 is 39.8 Å². The second-order valence-corrected chi connectivity index (χ2v) is 14.4. The molecule has 1 saturated heterocycles. The molecule has 0 saturated carbocycles. The van der Waals surface area contributed by atoms with Gasteiger partial charge in [0, 0.05) is 6.42 Å². The predicted octanol–water partition coefficient (Wildman–Crippen LogP) is 8.38. The molecule has 1 aliphatic rings. The fraction of sp³-hybridized carbons (Fsp3) is 0.674. The maximum absolute atomic E-state index is 12.8. The van der Waals surface area contributed by atoms with Gasteiger partial charge in [-0.25, -0.2) is 0 Å². The lowest BCUT2D eigenvalue weighted by atomic mass is 9.99. The van der Waals surface area contributed by atoms with Crippen molar-refractivity contribution in [3.8, 4) is 0 Å². The molecule has 9 heteroatoms. The van der Waals surface area contributed by atoms with Gasteiger partial charge in [-0.2, -0.15) is 0 Å². The van der Waals surface area contributed by atoms with Crippen molar-refractivity contribution in [2.75, 3.05) is 13.2 Å². The highest BCUT2D eigenvalue weighted by Gasteiger charge is 2.44. The molecule has 0 aromatic heterocycles. The molecule has 0 spiro atoms. The molecule has 0 bridgehead atoms. The first-order valence-corrected chi connectivity index (χ1v) is 21.3. The van der Waals surface area contributed by atoms with Crippen LogP contribution in [0.1, 0.15) is 142 Å². The standard InChI is InChI=1S/C46H77NO8/c1-3-5-7-9-11-13-15-17-19-20-22-23-25-27-29-31-33-35-40(49)39(38-54-46-45(53)44(52)43(51)41(37-48)55-46)47-42(50)36-34-32-30-28-26-24-21-18-16-14-12-10-8-6-4-2/h6,8,12,14,18,21,25-28,32-35,39-41,43-46,48-49,51-53H,3-5,7,9-11,13,15-17,19-20,22-24,29-31,36-38H2,1-2H3,(H,47,50)/b8-6-,14-12-,21-18-,27-25+,28-26-,34-32-,35-33+. The van der Waals surface area contributed by atoms with Crippen LogP contribution in [0.5, 0.6) is 0 Å². The van der Waals surface area contributed by atoms with Crippen molar-refractivity contribution in [3.63, 3.8) is 0 Å². The molecule has 7 atom stereocenters. The number of ether oxygens (including phenoxy) is 2. The fourth-order valence-corrected chi connectivity index (χ4v) is 6.06. The van der Waals surface area contributed by atoms with Crippen LogP contribution in [0.3, 0.4) is 0 Å². The van der Waals surface area contributed by atoms with Crippen molar-refractivity contribution in [2.45, 2.75) is 185 Å². The van der Waals surface area contributed by atoms with Crippen LogP contribution in [-0.4, -0.2) is 87.5 Å². The molecule has 7 unspecified atom stereocenters. The van der Waals surface area contributed by atoms with Gasteiger partial charge in [-0.15, -0.1) is 0 Å². The number of aliphatic hydroxyl groups excluding tert-OH is 5. The highest BCUT2D eigenvalue weighted by molar-refractivity contribution is 5.77. The molecule has 9 nitrogen and oxygen atoms in total. The molecule has 1 aliphatic heterocycles. The van der Waals surface area contributed by atoms with E-state index in [9.17, 15) is 30.3 Å². The summed E-state index contributed by atoms with van der Waals surface area (Å²) < 4.78 is 11.1. The smallest absolute Gasteiger partial charge is 0.224 e. The number of unbranched alkanes of at least 4 members (excludes halogenated alkanes) is 12. The van der Waals surface area contributed by atoms with E-state index in [2.05, 4.69) is 73.8 Å². The molecule has 0 radical (unpaired) electrons. The number of allylic oxidation sites excluding steroid dienone is 12. The van der Waals surface area contributed by atoms with E-state index in [1.807, 2.05) is 18.2 Å². The van der Waals surface area contributed by atoms with Gasteiger partial charge in [-0.3, -0.25) is 4.79 Å². The lowest BCUT2D eigenvalue weighted by molar-refractivity contribution is -0.302. The molecule has 1 heterocycles. The highest BCUT2D eigenvalue weighted by atomic mass is 16.7. The van der Waals surface area contributed by atoms with E-state index >= 15 is 0 Å². The van der Waals surface area contributed by atoms with E-state index < -0.39 is 49.5 Å².